The summed E-state index contributed by atoms with van der Waals surface area (Å²) in [6.07, 6.45) is 3.45. The van der Waals surface area contributed by atoms with Crippen LogP contribution in [0, 0.1) is 4.90 Å². The molecule has 0 unspecified atom stereocenters. The number of hydrogen-bond donors (Lipinski definition) is 0. The maximum absolute atomic E-state index is 5.36. The molecule has 13 heavy (non-hydrogen) atoms. The molecule has 0 radical (unpaired) electrons. The van der Waals surface area contributed by atoms with Gasteiger partial charge < -0.3 is 8.83 Å². The van der Waals surface area contributed by atoms with Crippen LogP contribution in [0.1, 0.15) is 17.5 Å². The Balaban J connectivity index is 2.49. The molecular weight excluding hydrogens is 184 g/mol. The first-order chi connectivity index (χ1) is 6.34. The molecular formula is C10H8O2S. The molecule has 0 N–H and O–H groups in total. The summed E-state index contributed by atoms with van der Waals surface area (Å²) in [5, 5.41) is 0. The first kappa shape index (κ1) is 7.33. The van der Waals surface area contributed by atoms with Crippen LogP contribution < -0.4 is 0 Å². The quantitative estimate of drug-likeness (QED) is 0.599. The monoisotopic (exact) mass is 192 g/mol. The third-order valence-corrected chi connectivity index (χ3v) is 2.74. The average Bonchev–Trinajstić information content (AvgIpc) is 2.65. The van der Waals surface area contributed by atoms with Gasteiger partial charge in [-0.25, -0.2) is 0 Å². The Hall–Kier alpha value is -1.09. The summed E-state index contributed by atoms with van der Waals surface area (Å²) in [6, 6.07) is 4.05. The minimum absolute atomic E-state index is 0.232. The Kier molecular flexibility index (Phi) is 1.38. The van der Waals surface area contributed by atoms with Crippen molar-refractivity contribution >= 4 is 23.4 Å². The van der Waals surface area contributed by atoms with Gasteiger partial charge in [0.1, 0.15) is 0 Å². The fraction of sp³-hybridized carbons (Fsp3) is 0.300. The molecule has 3 rings (SSSR count). The molecule has 0 aliphatic heterocycles. The van der Waals surface area contributed by atoms with Crippen LogP contribution in [0.2, 0.25) is 0 Å². The molecule has 3 heteroatoms. The van der Waals surface area contributed by atoms with E-state index < -0.39 is 0 Å². The lowest BCUT2D eigenvalue weighted by molar-refractivity contribution is 0.443. The van der Waals surface area contributed by atoms with Gasteiger partial charge in [-0.05, 0) is 30.9 Å². The highest BCUT2D eigenvalue weighted by Gasteiger charge is 2.17. The van der Waals surface area contributed by atoms with Crippen molar-refractivity contribution in [2.45, 2.75) is 19.3 Å². The Bertz CT molecular complexity index is 521. The van der Waals surface area contributed by atoms with Crippen LogP contribution in [0.5, 0.6) is 0 Å². The molecule has 0 amide bonds. The van der Waals surface area contributed by atoms with Gasteiger partial charge in [-0.1, -0.05) is 6.07 Å². The van der Waals surface area contributed by atoms with E-state index in [2.05, 4.69) is 6.07 Å². The Labute approximate surface area is 80.2 Å². The molecule has 1 aromatic heterocycles. The SMILES string of the molecule is S=c1oc2ccc3c(c2o1)CCC3. The zero-order valence-electron chi connectivity index (χ0n) is 7.00. The predicted octanol–water partition coefficient (Wildman–Crippen LogP) is 3.24. The first-order valence-electron chi connectivity index (χ1n) is 4.39. The summed E-state index contributed by atoms with van der Waals surface area (Å²) in [5.74, 6) is 0. The zero-order valence-corrected chi connectivity index (χ0v) is 7.82. The van der Waals surface area contributed by atoms with Crippen molar-refractivity contribution in [2.24, 2.45) is 0 Å². The van der Waals surface area contributed by atoms with Crippen molar-refractivity contribution in [1.29, 1.82) is 0 Å². The van der Waals surface area contributed by atoms with Crippen LogP contribution in [0.4, 0.5) is 0 Å². The van der Waals surface area contributed by atoms with E-state index in [1.54, 1.807) is 0 Å². The third kappa shape index (κ3) is 0.968. The van der Waals surface area contributed by atoms with Gasteiger partial charge in [-0.2, -0.15) is 0 Å². The summed E-state index contributed by atoms with van der Waals surface area (Å²) in [4.78, 5) is 0.232. The molecule has 2 aromatic rings. The minimum Gasteiger partial charge on any atom is -0.413 e. The number of fused-ring (bicyclic) bond motifs is 3. The molecule has 0 saturated carbocycles. The van der Waals surface area contributed by atoms with Gasteiger partial charge in [0.05, 0.1) is 0 Å². The lowest BCUT2D eigenvalue weighted by atomic mass is 10.1. The van der Waals surface area contributed by atoms with E-state index in [0.717, 1.165) is 24.0 Å². The van der Waals surface area contributed by atoms with Crippen LogP contribution in [-0.2, 0) is 12.8 Å². The van der Waals surface area contributed by atoms with Crippen molar-refractivity contribution in [1.82, 2.24) is 0 Å². The van der Waals surface area contributed by atoms with E-state index in [1.807, 2.05) is 6.07 Å². The van der Waals surface area contributed by atoms with Gasteiger partial charge in [-0.3, -0.25) is 0 Å². The lowest BCUT2D eigenvalue weighted by Crippen LogP contribution is -1.80. The fourth-order valence-electron chi connectivity index (χ4n) is 2.00. The molecule has 0 spiro atoms. The molecule has 0 atom stereocenters. The van der Waals surface area contributed by atoms with Gasteiger partial charge >= 0.3 is 4.90 Å². The smallest absolute Gasteiger partial charge is 0.363 e. The van der Waals surface area contributed by atoms with Crippen molar-refractivity contribution in [3.8, 4) is 0 Å². The summed E-state index contributed by atoms with van der Waals surface area (Å²) in [6.45, 7) is 0. The molecule has 1 aliphatic carbocycles. The Morgan fingerprint density at radius 2 is 2.08 bits per heavy atom. The molecule has 1 heterocycles. The van der Waals surface area contributed by atoms with Gasteiger partial charge in [0.2, 0.25) is 0 Å². The van der Waals surface area contributed by atoms with Crippen LogP contribution in [0.25, 0.3) is 11.2 Å². The van der Waals surface area contributed by atoms with Crippen molar-refractivity contribution in [2.75, 3.05) is 0 Å². The highest BCUT2D eigenvalue weighted by atomic mass is 32.1. The topological polar surface area (TPSA) is 26.3 Å². The van der Waals surface area contributed by atoms with E-state index in [-0.39, 0.29) is 4.90 Å². The number of rotatable bonds is 0. The molecule has 1 aromatic carbocycles. The number of hydrogen-bond acceptors (Lipinski definition) is 3. The van der Waals surface area contributed by atoms with E-state index in [9.17, 15) is 0 Å². The minimum atomic E-state index is 0.232. The second kappa shape index (κ2) is 2.45. The van der Waals surface area contributed by atoms with Crippen LogP contribution in [0.15, 0.2) is 21.0 Å². The molecule has 2 nitrogen and oxygen atoms in total. The lowest BCUT2D eigenvalue weighted by Gasteiger charge is -1.95. The van der Waals surface area contributed by atoms with Crippen molar-refractivity contribution in [3.05, 3.63) is 28.2 Å². The van der Waals surface area contributed by atoms with Gasteiger partial charge in [0, 0.05) is 17.8 Å². The van der Waals surface area contributed by atoms with Crippen LogP contribution in [0.3, 0.4) is 0 Å². The van der Waals surface area contributed by atoms with Gasteiger partial charge in [0.15, 0.2) is 11.2 Å². The summed E-state index contributed by atoms with van der Waals surface area (Å²) < 4.78 is 10.6. The Morgan fingerprint density at radius 3 is 3.00 bits per heavy atom. The molecule has 0 fully saturated rings. The summed E-state index contributed by atoms with van der Waals surface area (Å²) in [7, 11) is 0. The number of benzene rings is 1. The second-order valence-corrected chi connectivity index (χ2v) is 3.67. The van der Waals surface area contributed by atoms with Crippen LogP contribution >= 0.6 is 12.2 Å². The average molecular weight is 192 g/mol. The third-order valence-electron chi connectivity index (χ3n) is 2.57. The largest absolute Gasteiger partial charge is 0.413 e. The number of aryl methyl sites for hydroxylation is 2. The highest BCUT2D eigenvalue weighted by Crippen LogP contribution is 2.30. The predicted molar refractivity (Wildman–Crippen MR) is 51.3 cm³/mol. The standard InChI is InChI=1S/C10H8O2S/c13-10-11-8-5-4-6-2-1-3-7(6)9(8)12-10/h4-5H,1-3H2. The second-order valence-electron chi connectivity index (χ2n) is 3.34. The first-order valence-corrected chi connectivity index (χ1v) is 4.80. The van der Waals surface area contributed by atoms with E-state index in [1.165, 1.54) is 17.5 Å². The van der Waals surface area contributed by atoms with Gasteiger partial charge in [-0.15, -0.1) is 0 Å². The summed E-state index contributed by atoms with van der Waals surface area (Å²) >= 11 is 4.85. The zero-order chi connectivity index (χ0) is 8.84. The van der Waals surface area contributed by atoms with E-state index >= 15 is 0 Å². The van der Waals surface area contributed by atoms with E-state index in [0.29, 0.717) is 0 Å². The van der Waals surface area contributed by atoms with E-state index in [4.69, 9.17) is 21.1 Å². The molecule has 66 valence electrons. The molecule has 1 aliphatic rings. The fourth-order valence-corrected chi connectivity index (χ4v) is 2.17. The maximum atomic E-state index is 5.36. The summed E-state index contributed by atoms with van der Waals surface area (Å²) in [5.41, 5.74) is 4.31. The normalized spacial score (nSPS) is 15.1. The Morgan fingerprint density at radius 1 is 1.15 bits per heavy atom. The van der Waals surface area contributed by atoms with Crippen LogP contribution in [-0.4, -0.2) is 0 Å². The van der Waals surface area contributed by atoms with Crippen molar-refractivity contribution in [3.63, 3.8) is 0 Å². The maximum Gasteiger partial charge on any atom is 0.363 e. The van der Waals surface area contributed by atoms with Crippen molar-refractivity contribution < 1.29 is 8.83 Å². The molecule has 0 bridgehead atoms. The molecule has 0 saturated heterocycles. The highest BCUT2D eigenvalue weighted by molar-refractivity contribution is 7.71. The van der Waals surface area contributed by atoms with Gasteiger partial charge in [0.25, 0.3) is 0 Å².